The molecule has 4 fully saturated rings. The zero-order valence-corrected chi connectivity index (χ0v) is 27.6. The third-order valence-corrected chi connectivity index (χ3v) is 11.0. The number of halogens is 3. The SMILES string of the molecule is Cc1cc2c(cnn2C2CCCCO2)c(-c2ncc3c(N4CCC[C@@](C)(O)C4)nc(OC[C@@]45CCCN4C[C@H](F)C5)nc3c2F)c1Cl. The summed E-state index contributed by atoms with van der Waals surface area (Å²) in [5.41, 5.74) is 0.738. The Morgan fingerprint density at radius 3 is 2.79 bits per heavy atom. The number of hydrogen-bond donors (Lipinski definition) is 1. The van der Waals surface area contributed by atoms with Gasteiger partial charge in [0.15, 0.2) is 12.0 Å². The van der Waals surface area contributed by atoms with Crippen LogP contribution in [-0.4, -0.2) is 91.4 Å². The second-order valence-electron chi connectivity index (χ2n) is 14.1. The quantitative estimate of drug-likeness (QED) is 0.260. The standard InChI is InChI=1S/C34H40ClF2N7O3/c1-20-13-24-22(16-39-44(24)25-7-3-4-12-46-25)26(27(20)35)30-28(37)29-23(15-38-30)31(42-10-5-8-33(2,45)18-42)41-32(40-29)47-19-34-9-6-11-43(34)17-21(36)14-34/h13,15-16,21,25,45H,3-12,14,17-19H2,1-2H3/t21-,25?,33-,34+/m1/s1. The van der Waals surface area contributed by atoms with Crippen molar-refractivity contribution in [3.05, 3.63) is 34.9 Å². The minimum atomic E-state index is -0.936. The summed E-state index contributed by atoms with van der Waals surface area (Å²) < 4.78 is 45.6. The van der Waals surface area contributed by atoms with Crippen LogP contribution in [0.3, 0.4) is 0 Å². The lowest BCUT2D eigenvalue weighted by Crippen LogP contribution is -2.46. The van der Waals surface area contributed by atoms with E-state index in [0.717, 1.165) is 56.1 Å². The van der Waals surface area contributed by atoms with Crippen LogP contribution in [0.1, 0.15) is 70.1 Å². The molecule has 10 nitrogen and oxygen atoms in total. The van der Waals surface area contributed by atoms with Gasteiger partial charge in [-0.3, -0.25) is 9.88 Å². The van der Waals surface area contributed by atoms with E-state index in [1.54, 1.807) is 19.3 Å². The number of hydrogen-bond acceptors (Lipinski definition) is 9. The number of aryl methyl sites for hydroxylation is 1. The highest BCUT2D eigenvalue weighted by atomic mass is 35.5. The monoisotopic (exact) mass is 667 g/mol. The van der Waals surface area contributed by atoms with Crippen molar-refractivity contribution >= 4 is 39.2 Å². The van der Waals surface area contributed by atoms with Crippen molar-refractivity contribution in [3.8, 4) is 17.3 Å². The van der Waals surface area contributed by atoms with E-state index >= 15 is 4.39 Å². The molecule has 0 spiro atoms. The number of anilines is 1. The maximum Gasteiger partial charge on any atom is 0.319 e. The summed E-state index contributed by atoms with van der Waals surface area (Å²) >= 11 is 6.92. The summed E-state index contributed by atoms with van der Waals surface area (Å²) in [6, 6.07) is 1.97. The number of nitrogens with zero attached hydrogens (tertiary/aromatic N) is 7. The van der Waals surface area contributed by atoms with Crippen LogP contribution in [0.4, 0.5) is 14.6 Å². The summed E-state index contributed by atoms with van der Waals surface area (Å²) in [6.45, 7) is 6.72. The molecule has 1 unspecified atom stereocenters. The minimum Gasteiger partial charge on any atom is -0.461 e. The maximum atomic E-state index is 17.0. The van der Waals surface area contributed by atoms with E-state index in [1.807, 2.05) is 22.6 Å². The molecule has 13 heteroatoms. The van der Waals surface area contributed by atoms with Gasteiger partial charge in [-0.25, -0.2) is 13.5 Å². The van der Waals surface area contributed by atoms with Gasteiger partial charge < -0.3 is 19.5 Å². The van der Waals surface area contributed by atoms with E-state index in [9.17, 15) is 9.50 Å². The number of aliphatic hydroxyl groups is 1. The normalized spacial score (nSPS) is 28.4. The van der Waals surface area contributed by atoms with Crippen LogP contribution in [0.25, 0.3) is 33.1 Å². The number of rotatable bonds is 6. The Balaban J connectivity index is 1.25. The second kappa shape index (κ2) is 11.7. The first-order valence-corrected chi connectivity index (χ1v) is 17.1. The minimum absolute atomic E-state index is 0.0139. The van der Waals surface area contributed by atoms with Gasteiger partial charge in [-0.15, -0.1) is 0 Å². The number of ether oxygens (including phenoxy) is 2. The lowest BCUT2D eigenvalue weighted by molar-refractivity contribution is -0.0366. The number of benzene rings is 1. The van der Waals surface area contributed by atoms with Crippen LogP contribution in [0.2, 0.25) is 5.02 Å². The fourth-order valence-electron chi connectivity index (χ4n) is 8.22. The average Bonchev–Trinajstić information content (AvgIpc) is 3.73. The molecule has 8 rings (SSSR count). The predicted octanol–water partition coefficient (Wildman–Crippen LogP) is 6.15. The van der Waals surface area contributed by atoms with Crippen LogP contribution >= 0.6 is 11.6 Å². The van der Waals surface area contributed by atoms with Gasteiger partial charge in [0.1, 0.15) is 29.8 Å². The number of alkyl halides is 1. The third kappa shape index (κ3) is 5.41. The second-order valence-corrected chi connectivity index (χ2v) is 14.5. The topological polar surface area (TPSA) is 102 Å². The van der Waals surface area contributed by atoms with Gasteiger partial charge >= 0.3 is 6.01 Å². The molecule has 0 aliphatic carbocycles. The van der Waals surface area contributed by atoms with E-state index in [-0.39, 0.29) is 30.1 Å². The molecule has 250 valence electrons. The van der Waals surface area contributed by atoms with Crippen LogP contribution < -0.4 is 9.64 Å². The summed E-state index contributed by atoms with van der Waals surface area (Å²) in [6.07, 6.45) is 8.65. The van der Waals surface area contributed by atoms with Gasteiger partial charge in [0.05, 0.1) is 33.3 Å². The van der Waals surface area contributed by atoms with Crippen molar-refractivity contribution in [2.24, 2.45) is 0 Å². The molecule has 0 amide bonds. The molecule has 1 aromatic carbocycles. The number of β-amino-alcohol motifs (C(OH)–C–C–N with tert-alkyl or cyclic N) is 1. The molecule has 1 N–H and O–H groups in total. The average molecular weight is 668 g/mol. The molecule has 4 aromatic rings. The summed E-state index contributed by atoms with van der Waals surface area (Å²) in [7, 11) is 0. The van der Waals surface area contributed by atoms with Crippen LogP contribution in [-0.2, 0) is 4.74 Å². The number of fused-ring (bicyclic) bond motifs is 3. The zero-order chi connectivity index (χ0) is 32.5. The van der Waals surface area contributed by atoms with Crippen LogP contribution in [0, 0.1) is 12.7 Å². The van der Waals surface area contributed by atoms with E-state index in [2.05, 4.69) is 20.0 Å². The molecular formula is C34H40ClF2N7O3. The Hall–Kier alpha value is -3.19. The van der Waals surface area contributed by atoms with E-state index in [0.29, 0.717) is 66.3 Å². The van der Waals surface area contributed by atoms with Gasteiger partial charge in [0.2, 0.25) is 0 Å². The Labute approximate surface area is 277 Å². The summed E-state index contributed by atoms with van der Waals surface area (Å²) in [5, 5.41) is 17.1. The number of aromatic nitrogens is 5. The van der Waals surface area contributed by atoms with Gasteiger partial charge in [0, 0.05) is 49.8 Å². The zero-order valence-electron chi connectivity index (χ0n) is 26.8. The molecule has 47 heavy (non-hydrogen) atoms. The Morgan fingerprint density at radius 1 is 1.13 bits per heavy atom. The van der Waals surface area contributed by atoms with Crippen molar-refractivity contribution in [2.75, 3.05) is 44.3 Å². The van der Waals surface area contributed by atoms with Crippen molar-refractivity contribution in [1.82, 2.24) is 29.6 Å². The maximum absolute atomic E-state index is 17.0. The molecule has 3 aromatic heterocycles. The lowest BCUT2D eigenvalue weighted by atomic mass is 9.95. The highest BCUT2D eigenvalue weighted by molar-refractivity contribution is 6.35. The third-order valence-electron chi connectivity index (χ3n) is 10.5. The van der Waals surface area contributed by atoms with Crippen molar-refractivity contribution in [3.63, 3.8) is 0 Å². The Kier molecular flexibility index (Phi) is 7.77. The molecule has 4 aliphatic rings. The van der Waals surface area contributed by atoms with Crippen LogP contribution in [0.5, 0.6) is 6.01 Å². The molecule has 4 saturated heterocycles. The molecule has 4 atom stereocenters. The van der Waals surface area contributed by atoms with E-state index < -0.39 is 23.1 Å². The van der Waals surface area contributed by atoms with E-state index in [1.165, 1.54) is 0 Å². The number of piperidine rings is 1. The lowest BCUT2D eigenvalue weighted by Gasteiger charge is -2.38. The fourth-order valence-corrected chi connectivity index (χ4v) is 8.47. The van der Waals surface area contributed by atoms with Crippen molar-refractivity contribution in [1.29, 1.82) is 0 Å². The Morgan fingerprint density at radius 2 is 1.98 bits per heavy atom. The molecule has 4 aliphatic heterocycles. The van der Waals surface area contributed by atoms with Crippen LogP contribution in [0.15, 0.2) is 18.5 Å². The summed E-state index contributed by atoms with van der Waals surface area (Å²) in [5.74, 6) is -0.207. The Bertz CT molecular complexity index is 1850. The smallest absolute Gasteiger partial charge is 0.319 e. The van der Waals surface area contributed by atoms with Gasteiger partial charge in [-0.1, -0.05) is 11.6 Å². The van der Waals surface area contributed by atoms with Gasteiger partial charge in [-0.05, 0) is 77.0 Å². The fraction of sp³-hybridized carbons (Fsp3) is 0.588. The predicted molar refractivity (Wildman–Crippen MR) is 175 cm³/mol. The molecular weight excluding hydrogens is 628 g/mol. The largest absolute Gasteiger partial charge is 0.461 e. The first kappa shape index (κ1) is 31.1. The first-order valence-electron chi connectivity index (χ1n) is 16.8. The highest BCUT2D eigenvalue weighted by Gasteiger charge is 2.49. The van der Waals surface area contributed by atoms with Crippen molar-refractivity contribution in [2.45, 2.75) is 88.8 Å². The molecule has 7 heterocycles. The van der Waals surface area contributed by atoms with E-state index in [4.69, 9.17) is 26.1 Å². The van der Waals surface area contributed by atoms with Gasteiger partial charge in [0.25, 0.3) is 0 Å². The van der Waals surface area contributed by atoms with Crippen molar-refractivity contribution < 1.29 is 23.4 Å². The number of pyridine rings is 1. The molecule has 0 radical (unpaired) electrons. The highest BCUT2D eigenvalue weighted by Crippen LogP contribution is 2.43. The molecule has 0 saturated carbocycles. The molecule has 0 bridgehead atoms. The van der Waals surface area contributed by atoms with Gasteiger partial charge in [-0.2, -0.15) is 15.1 Å². The summed E-state index contributed by atoms with van der Waals surface area (Å²) in [4.78, 5) is 18.1. The first-order chi connectivity index (χ1) is 22.6.